The molecule has 7 heteroatoms. The molecular weight excluding hydrogens is 339 g/mol. The third kappa shape index (κ3) is 4.06. The molecule has 1 unspecified atom stereocenters. The molecule has 1 atom stereocenters. The Morgan fingerprint density at radius 1 is 1.35 bits per heavy atom. The summed E-state index contributed by atoms with van der Waals surface area (Å²) in [6, 6.07) is 2.43. The van der Waals surface area contributed by atoms with E-state index in [0.29, 0.717) is 0 Å². The average Bonchev–Trinajstić information content (AvgIpc) is 2.36. The van der Waals surface area contributed by atoms with Crippen molar-refractivity contribution in [2.24, 2.45) is 0 Å². The molecule has 0 radical (unpaired) electrons. The van der Waals surface area contributed by atoms with E-state index in [0.717, 1.165) is 12.1 Å². The average molecular weight is 352 g/mol. The number of halogens is 4. The fraction of sp³-hybridized carbons (Fsp3) is 0.385. The van der Waals surface area contributed by atoms with Crippen molar-refractivity contribution >= 4 is 27.6 Å². The van der Waals surface area contributed by atoms with Crippen LogP contribution < -0.4 is 5.32 Å². The third-order valence-corrected chi connectivity index (χ3v) is 3.20. The summed E-state index contributed by atoms with van der Waals surface area (Å²) >= 11 is 2.94. The van der Waals surface area contributed by atoms with E-state index in [2.05, 4.69) is 21.2 Å². The number of ketones is 1. The van der Waals surface area contributed by atoms with Gasteiger partial charge in [0.1, 0.15) is 0 Å². The molecule has 0 saturated carbocycles. The van der Waals surface area contributed by atoms with E-state index in [9.17, 15) is 22.8 Å². The van der Waals surface area contributed by atoms with Gasteiger partial charge in [-0.3, -0.25) is 9.59 Å². The molecule has 1 N–H and O–H groups in total. The highest BCUT2D eigenvalue weighted by atomic mass is 79.9. The van der Waals surface area contributed by atoms with E-state index in [1.165, 1.54) is 13.0 Å². The Hall–Kier alpha value is -1.37. The van der Waals surface area contributed by atoms with Gasteiger partial charge in [-0.05, 0) is 25.1 Å². The maximum absolute atomic E-state index is 12.9. The van der Waals surface area contributed by atoms with Crippen LogP contribution in [0.1, 0.15) is 36.2 Å². The fourth-order valence-electron chi connectivity index (χ4n) is 1.61. The quantitative estimate of drug-likeness (QED) is 0.901. The maximum Gasteiger partial charge on any atom is 0.417 e. The van der Waals surface area contributed by atoms with Crippen molar-refractivity contribution < 1.29 is 22.8 Å². The van der Waals surface area contributed by atoms with E-state index in [1.54, 1.807) is 6.92 Å². The van der Waals surface area contributed by atoms with Gasteiger partial charge in [0.25, 0.3) is 5.91 Å². The number of amides is 1. The minimum absolute atomic E-state index is 0.202. The van der Waals surface area contributed by atoms with E-state index >= 15 is 0 Å². The molecule has 1 aromatic carbocycles. The van der Waals surface area contributed by atoms with Gasteiger partial charge in [0.2, 0.25) is 0 Å². The monoisotopic (exact) mass is 351 g/mol. The molecule has 0 spiro atoms. The Balaban J connectivity index is 3.08. The second-order valence-electron chi connectivity index (χ2n) is 4.20. The topological polar surface area (TPSA) is 46.2 Å². The normalized spacial score (nSPS) is 12.9. The molecule has 1 rings (SSSR count). The SMILES string of the molecule is CCC(=O)C(C)NC(=O)c1ccc(Br)cc1C(F)(F)F. The van der Waals surface area contributed by atoms with Crippen molar-refractivity contribution in [2.45, 2.75) is 32.5 Å². The molecule has 0 bridgehead atoms. The molecule has 110 valence electrons. The summed E-state index contributed by atoms with van der Waals surface area (Å²) in [5, 5.41) is 2.28. The van der Waals surface area contributed by atoms with Crippen LogP contribution in [-0.2, 0) is 11.0 Å². The van der Waals surface area contributed by atoms with Crippen molar-refractivity contribution in [2.75, 3.05) is 0 Å². The Bertz CT molecular complexity index is 529. The lowest BCUT2D eigenvalue weighted by Crippen LogP contribution is -2.39. The number of hydrogen-bond acceptors (Lipinski definition) is 2. The highest BCUT2D eigenvalue weighted by Crippen LogP contribution is 2.33. The first-order valence-electron chi connectivity index (χ1n) is 5.87. The Labute approximate surface area is 122 Å². The summed E-state index contributed by atoms with van der Waals surface area (Å²) in [5.74, 6) is -1.16. The van der Waals surface area contributed by atoms with Crippen LogP contribution in [0.15, 0.2) is 22.7 Å². The molecule has 0 aliphatic rings. The molecule has 1 aromatic rings. The summed E-state index contributed by atoms with van der Waals surface area (Å²) in [6.45, 7) is 3.06. The van der Waals surface area contributed by atoms with Gasteiger partial charge in [0.15, 0.2) is 5.78 Å². The molecule has 0 saturated heterocycles. The smallest absolute Gasteiger partial charge is 0.343 e. The first-order chi connectivity index (χ1) is 9.16. The molecule has 0 fully saturated rings. The first-order valence-corrected chi connectivity index (χ1v) is 6.66. The largest absolute Gasteiger partial charge is 0.417 e. The second kappa shape index (κ2) is 6.39. The summed E-state index contributed by atoms with van der Waals surface area (Å²) in [7, 11) is 0. The molecule has 0 aliphatic carbocycles. The zero-order valence-corrected chi connectivity index (χ0v) is 12.4. The number of hydrogen-bond donors (Lipinski definition) is 1. The molecule has 1 amide bonds. The Morgan fingerprint density at radius 2 is 1.95 bits per heavy atom. The molecule has 20 heavy (non-hydrogen) atoms. The number of Topliss-reactive ketones (excluding diaryl/α,β-unsaturated/α-hetero) is 1. The maximum atomic E-state index is 12.9. The number of nitrogens with one attached hydrogen (secondary N) is 1. The minimum Gasteiger partial charge on any atom is -0.343 e. The third-order valence-electron chi connectivity index (χ3n) is 2.71. The number of benzene rings is 1. The van der Waals surface area contributed by atoms with E-state index in [1.807, 2.05) is 0 Å². The summed E-state index contributed by atoms with van der Waals surface area (Å²) in [6.07, 6.45) is -4.44. The summed E-state index contributed by atoms with van der Waals surface area (Å²) in [5.41, 5.74) is -1.54. The first kappa shape index (κ1) is 16.7. The lowest BCUT2D eigenvalue weighted by Gasteiger charge is -2.16. The minimum atomic E-state index is -4.64. The molecule has 3 nitrogen and oxygen atoms in total. The van der Waals surface area contributed by atoms with Crippen LogP contribution in [0.2, 0.25) is 0 Å². The predicted octanol–water partition coefficient (Wildman–Crippen LogP) is 3.57. The van der Waals surface area contributed by atoms with Crippen LogP contribution in [-0.4, -0.2) is 17.7 Å². The number of carbonyl (C=O) groups excluding carboxylic acids is 2. The number of alkyl halides is 3. The highest BCUT2D eigenvalue weighted by molar-refractivity contribution is 9.10. The van der Waals surface area contributed by atoms with Crippen LogP contribution in [0, 0.1) is 0 Å². The van der Waals surface area contributed by atoms with Gasteiger partial charge in [-0.15, -0.1) is 0 Å². The van der Waals surface area contributed by atoms with Crippen molar-refractivity contribution in [1.29, 1.82) is 0 Å². The van der Waals surface area contributed by atoms with Gasteiger partial charge < -0.3 is 5.32 Å². The van der Waals surface area contributed by atoms with Crippen LogP contribution in [0.3, 0.4) is 0 Å². The van der Waals surface area contributed by atoms with Gasteiger partial charge in [-0.1, -0.05) is 22.9 Å². The molecule has 0 heterocycles. The lowest BCUT2D eigenvalue weighted by molar-refractivity contribution is -0.138. The van der Waals surface area contributed by atoms with E-state index in [4.69, 9.17) is 0 Å². The highest BCUT2D eigenvalue weighted by Gasteiger charge is 2.35. The second-order valence-corrected chi connectivity index (χ2v) is 5.12. The van der Waals surface area contributed by atoms with E-state index < -0.39 is 29.3 Å². The van der Waals surface area contributed by atoms with Crippen LogP contribution in [0.4, 0.5) is 13.2 Å². The van der Waals surface area contributed by atoms with Gasteiger partial charge in [0, 0.05) is 10.9 Å². The van der Waals surface area contributed by atoms with Gasteiger partial charge in [0.05, 0.1) is 17.2 Å². The summed E-state index contributed by atoms with van der Waals surface area (Å²) in [4.78, 5) is 23.2. The standard InChI is InChI=1S/C13H13BrF3NO2/c1-3-11(19)7(2)18-12(20)9-5-4-8(14)6-10(9)13(15,16)17/h4-7H,3H2,1-2H3,(H,18,20). The van der Waals surface area contributed by atoms with Crippen LogP contribution >= 0.6 is 15.9 Å². The van der Waals surface area contributed by atoms with Crippen LogP contribution in [0.5, 0.6) is 0 Å². The molecule has 0 aromatic heterocycles. The Morgan fingerprint density at radius 3 is 2.45 bits per heavy atom. The van der Waals surface area contributed by atoms with Crippen molar-refractivity contribution in [3.05, 3.63) is 33.8 Å². The van der Waals surface area contributed by atoms with Gasteiger partial charge in [-0.2, -0.15) is 13.2 Å². The lowest BCUT2D eigenvalue weighted by atomic mass is 10.1. The predicted molar refractivity (Wildman–Crippen MR) is 71.4 cm³/mol. The van der Waals surface area contributed by atoms with Crippen LogP contribution in [0.25, 0.3) is 0 Å². The zero-order chi connectivity index (χ0) is 15.5. The Kier molecular flexibility index (Phi) is 5.33. The van der Waals surface area contributed by atoms with Gasteiger partial charge >= 0.3 is 6.18 Å². The van der Waals surface area contributed by atoms with Crippen molar-refractivity contribution in [1.82, 2.24) is 5.32 Å². The fourth-order valence-corrected chi connectivity index (χ4v) is 1.97. The zero-order valence-electron chi connectivity index (χ0n) is 10.8. The molecular formula is C13H13BrF3NO2. The molecule has 0 aliphatic heterocycles. The van der Waals surface area contributed by atoms with E-state index in [-0.39, 0.29) is 16.7 Å². The van der Waals surface area contributed by atoms with Crippen molar-refractivity contribution in [3.63, 3.8) is 0 Å². The number of carbonyl (C=O) groups is 2. The van der Waals surface area contributed by atoms with Gasteiger partial charge in [-0.25, -0.2) is 0 Å². The number of rotatable bonds is 4. The summed E-state index contributed by atoms with van der Waals surface area (Å²) < 4.78 is 38.9. The van der Waals surface area contributed by atoms with Crippen molar-refractivity contribution in [3.8, 4) is 0 Å².